The number of nitrogens with zero attached hydrogens (tertiary/aromatic N) is 2. The van der Waals surface area contributed by atoms with Gasteiger partial charge in [-0.15, -0.1) is 11.3 Å². The lowest BCUT2D eigenvalue weighted by molar-refractivity contribution is 0.631. The summed E-state index contributed by atoms with van der Waals surface area (Å²) >= 11 is 1.57. The van der Waals surface area contributed by atoms with Crippen molar-refractivity contribution in [1.82, 2.24) is 9.97 Å². The normalized spacial score (nSPS) is 11.9. The first-order chi connectivity index (χ1) is 6.96. The molecule has 15 heavy (non-hydrogen) atoms. The molecular weight excluding hydrogens is 208 g/mol. The molecule has 0 amide bonds. The first-order valence-electron chi connectivity index (χ1n) is 4.74. The zero-order valence-electron chi connectivity index (χ0n) is 9.03. The summed E-state index contributed by atoms with van der Waals surface area (Å²) in [6.07, 6.45) is 0. The number of nitrogens with two attached hydrogens (primary N) is 1. The lowest BCUT2D eigenvalue weighted by Gasteiger charge is -2.21. The number of hydrogen-bond donors (Lipinski definition) is 2. The largest absolute Gasteiger partial charge is 0.368 e. The maximum Gasteiger partial charge on any atom is 0.223 e. The fourth-order valence-electron chi connectivity index (χ4n) is 1.32. The van der Waals surface area contributed by atoms with Crippen LogP contribution in [-0.4, -0.2) is 15.5 Å². The number of anilines is 2. The standard InChI is InChI=1S/C10H14N4S/c1-10(2,3)14-7-6-4-5-15-8(6)13-9(11)12-7/h4-5H,1-3H3,(H3,11,12,13,14). The second-order valence-corrected chi connectivity index (χ2v) is 5.34. The summed E-state index contributed by atoms with van der Waals surface area (Å²) in [4.78, 5) is 9.32. The van der Waals surface area contributed by atoms with Crippen molar-refractivity contribution in [3.63, 3.8) is 0 Å². The SMILES string of the molecule is CC(C)(C)Nc1nc(N)nc2sccc12. The molecule has 0 aliphatic rings. The predicted octanol–water partition coefficient (Wildman–Crippen LogP) is 2.48. The minimum Gasteiger partial charge on any atom is -0.368 e. The Morgan fingerprint density at radius 2 is 2.07 bits per heavy atom. The van der Waals surface area contributed by atoms with Crippen molar-refractivity contribution in [2.75, 3.05) is 11.1 Å². The number of nitrogens with one attached hydrogen (secondary N) is 1. The van der Waals surface area contributed by atoms with Gasteiger partial charge in [0.15, 0.2) is 0 Å². The molecular formula is C10H14N4S. The van der Waals surface area contributed by atoms with Gasteiger partial charge in [-0.05, 0) is 32.2 Å². The van der Waals surface area contributed by atoms with Crippen molar-refractivity contribution in [1.29, 1.82) is 0 Å². The highest BCUT2D eigenvalue weighted by atomic mass is 32.1. The first kappa shape index (κ1) is 10.2. The van der Waals surface area contributed by atoms with E-state index in [1.54, 1.807) is 11.3 Å². The van der Waals surface area contributed by atoms with Gasteiger partial charge in [-0.2, -0.15) is 4.98 Å². The molecule has 0 saturated carbocycles. The van der Waals surface area contributed by atoms with Gasteiger partial charge < -0.3 is 11.1 Å². The van der Waals surface area contributed by atoms with Crippen LogP contribution in [0.15, 0.2) is 11.4 Å². The van der Waals surface area contributed by atoms with E-state index in [-0.39, 0.29) is 5.54 Å². The Morgan fingerprint density at radius 3 is 2.73 bits per heavy atom. The molecule has 2 aromatic rings. The zero-order chi connectivity index (χ0) is 11.1. The van der Waals surface area contributed by atoms with Crippen LogP contribution in [0.2, 0.25) is 0 Å². The summed E-state index contributed by atoms with van der Waals surface area (Å²) in [7, 11) is 0. The minimum absolute atomic E-state index is 0.0321. The van der Waals surface area contributed by atoms with Crippen LogP contribution in [0.3, 0.4) is 0 Å². The van der Waals surface area contributed by atoms with Gasteiger partial charge in [0, 0.05) is 5.54 Å². The third-order valence-corrected chi connectivity index (χ3v) is 2.64. The van der Waals surface area contributed by atoms with E-state index in [4.69, 9.17) is 5.73 Å². The van der Waals surface area contributed by atoms with Gasteiger partial charge >= 0.3 is 0 Å². The van der Waals surface area contributed by atoms with E-state index >= 15 is 0 Å². The van der Waals surface area contributed by atoms with E-state index < -0.39 is 0 Å². The Morgan fingerprint density at radius 1 is 1.33 bits per heavy atom. The molecule has 2 heterocycles. The zero-order valence-corrected chi connectivity index (χ0v) is 9.85. The van der Waals surface area contributed by atoms with E-state index in [2.05, 4.69) is 36.1 Å². The molecule has 0 radical (unpaired) electrons. The van der Waals surface area contributed by atoms with Crippen LogP contribution in [0.5, 0.6) is 0 Å². The number of hydrogen-bond acceptors (Lipinski definition) is 5. The molecule has 4 nitrogen and oxygen atoms in total. The van der Waals surface area contributed by atoms with Gasteiger partial charge in [0.25, 0.3) is 0 Å². The number of nitrogen functional groups attached to an aromatic ring is 1. The number of thiophene rings is 1. The third kappa shape index (κ3) is 2.18. The number of fused-ring (bicyclic) bond motifs is 1. The van der Waals surface area contributed by atoms with Crippen LogP contribution in [0, 0.1) is 0 Å². The van der Waals surface area contributed by atoms with Gasteiger partial charge in [0.1, 0.15) is 10.6 Å². The maximum atomic E-state index is 5.65. The summed E-state index contributed by atoms with van der Waals surface area (Å²) in [6.45, 7) is 6.26. The van der Waals surface area contributed by atoms with Crippen LogP contribution < -0.4 is 11.1 Å². The van der Waals surface area contributed by atoms with E-state index in [0.717, 1.165) is 16.0 Å². The predicted molar refractivity (Wildman–Crippen MR) is 65.2 cm³/mol. The number of rotatable bonds is 1. The first-order valence-corrected chi connectivity index (χ1v) is 5.62. The Kier molecular flexibility index (Phi) is 2.26. The topological polar surface area (TPSA) is 63.8 Å². The highest BCUT2D eigenvalue weighted by Crippen LogP contribution is 2.27. The van der Waals surface area contributed by atoms with Crippen molar-refractivity contribution in [3.05, 3.63) is 11.4 Å². The molecule has 0 bridgehead atoms. The molecule has 0 aliphatic heterocycles. The average molecular weight is 222 g/mol. The van der Waals surface area contributed by atoms with Gasteiger partial charge in [-0.25, -0.2) is 4.98 Å². The lowest BCUT2D eigenvalue weighted by Crippen LogP contribution is -2.27. The van der Waals surface area contributed by atoms with Crippen LogP contribution >= 0.6 is 11.3 Å². The summed E-state index contributed by atoms with van der Waals surface area (Å²) in [5, 5.41) is 6.35. The third-order valence-electron chi connectivity index (χ3n) is 1.84. The maximum absolute atomic E-state index is 5.65. The molecule has 3 N–H and O–H groups in total. The summed E-state index contributed by atoms with van der Waals surface area (Å²) in [5.41, 5.74) is 5.62. The second-order valence-electron chi connectivity index (χ2n) is 4.44. The Bertz CT molecular complexity index is 484. The molecule has 0 spiro atoms. The second kappa shape index (κ2) is 3.34. The van der Waals surface area contributed by atoms with E-state index in [9.17, 15) is 0 Å². The summed E-state index contributed by atoms with van der Waals surface area (Å²) in [6, 6.07) is 2.01. The van der Waals surface area contributed by atoms with Crippen molar-refractivity contribution in [2.24, 2.45) is 0 Å². The lowest BCUT2D eigenvalue weighted by atomic mass is 10.1. The molecule has 0 saturated heterocycles. The van der Waals surface area contributed by atoms with Gasteiger partial charge in [0.2, 0.25) is 5.95 Å². The van der Waals surface area contributed by atoms with Crippen LogP contribution in [0.25, 0.3) is 10.2 Å². The minimum atomic E-state index is -0.0321. The average Bonchev–Trinajstić information content (AvgIpc) is 2.48. The van der Waals surface area contributed by atoms with Crippen molar-refractivity contribution >= 4 is 33.3 Å². The van der Waals surface area contributed by atoms with Crippen LogP contribution in [0.4, 0.5) is 11.8 Å². The highest BCUT2D eigenvalue weighted by molar-refractivity contribution is 7.16. The smallest absolute Gasteiger partial charge is 0.223 e. The molecule has 80 valence electrons. The van der Waals surface area contributed by atoms with Crippen molar-refractivity contribution in [3.8, 4) is 0 Å². The molecule has 0 unspecified atom stereocenters. The fourth-order valence-corrected chi connectivity index (χ4v) is 2.09. The van der Waals surface area contributed by atoms with Gasteiger partial charge in [0.05, 0.1) is 5.39 Å². The van der Waals surface area contributed by atoms with Gasteiger partial charge in [-0.3, -0.25) is 0 Å². The fraction of sp³-hybridized carbons (Fsp3) is 0.400. The summed E-state index contributed by atoms with van der Waals surface area (Å²) < 4.78 is 0. The van der Waals surface area contributed by atoms with E-state index in [0.29, 0.717) is 5.95 Å². The van der Waals surface area contributed by atoms with Gasteiger partial charge in [-0.1, -0.05) is 0 Å². The molecule has 0 aromatic carbocycles. The molecule has 0 aliphatic carbocycles. The summed E-state index contributed by atoms with van der Waals surface area (Å²) in [5.74, 6) is 1.13. The Balaban J connectivity index is 2.53. The Labute approximate surface area is 92.5 Å². The molecule has 5 heteroatoms. The molecule has 0 fully saturated rings. The monoisotopic (exact) mass is 222 g/mol. The quantitative estimate of drug-likeness (QED) is 0.778. The van der Waals surface area contributed by atoms with Crippen LogP contribution in [0.1, 0.15) is 20.8 Å². The Hall–Kier alpha value is -1.36. The van der Waals surface area contributed by atoms with Crippen LogP contribution in [-0.2, 0) is 0 Å². The van der Waals surface area contributed by atoms with Crippen molar-refractivity contribution in [2.45, 2.75) is 26.3 Å². The molecule has 0 atom stereocenters. The molecule has 2 rings (SSSR count). The van der Waals surface area contributed by atoms with E-state index in [1.807, 2.05) is 11.4 Å². The highest BCUT2D eigenvalue weighted by Gasteiger charge is 2.14. The van der Waals surface area contributed by atoms with E-state index in [1.165, 1.54) is 0 Å². The molecule has 2 aromatic heterocycles. The van der Waals surface area contributed by atoms with Crippen molar-refractivity contribution < 1.29 is 0 Å². The number of aromatic nitrogens is 2.